The fraction of sp³-hybridized carbons (Fsp3) is 0. The van der Waals surface area contributed by atoms with Crippen molar-refractivity contribution in [2.24, 2.45) is 0 Å². The monoisotopic (exact) mass is 856 g/mol. The third kappa shape index (κ3) is 7.49. The molecule has 0 aromatic heterocycles. The predicted octanol–water partition coefficient (Wildman–Crippen LogP) is 18.2. The van der Waals surface area contributed by atoms with Crippen molar-refractivity contribution in [1.29, 1.82) is 0 Å². The molecule has 0 unspecified atom stereocenters. The van der Waals surface area contributed by atoms with Crippen LogP contribution in [0.15, 0.2) is 267 Å². The third-order valence-electron chi connectivity index (χ3n) is 12.9. The van der Waals surface area contributed by atoms with Gasteiger partial charge in [-0.25, -0.2) is 0 Å². The molecule has 0 amide bonds. The fourth-order valence-corrected chi connectivity index (χ4v) is 9.55. The number of rotatable bonds is 10. The molecule has 0 fully saturated rings. The molecule has 3 heteroatoms. The number of para-hydroxylation sites is 3. The molecule has 0 radical (unpaired) electrons. The zero-order chi connectivity index (χ0) is 44.5. The molecule has 0 saturated heterocycles. The Morgan fingerprint density at radius 2 is 0.567 bits per heavy atom. The minimum Gasteiger partial charge on any atom is -0.452 e. The molecule has 67 heavy (non-hydrogen) atoms. The van der Waals surface area contributed by atoms with E-state index in [4.69, 9.17) is 4.74 Å². The van der Waals surface area contributed by atoms with E-state index < -0.39 is 0 Å². The molecular weight excluding hydrogens is 813 g/mol. The van der Waals surface area contributed by atoms with Crippen LogP contribution in [-0.4, -0.2) is 0 Å². The maximum atomic E-state index is 7.46. The predicted molar refractivity (Wildman–Crippen MR) is 281 cm³/mol. The molecule has 1 aliphatic heterocycles. The molecule has 0 N–H and O–H groups in total. The van der Waals surface area contributed by atoms with Gasteiger partial charge in [0.25, 0.3) is 0 Å². The highest BCUT2D eigenvalue weighted by Gasteiger charge is 2.30. The summed E-state index contributed by atoms with van der Waals surface area (Å²) in [4.78, 5) is 4.64. The zero-order valence-corrected chi connectivity index (χ0v) is 36.7. The molecule has 3 nitrogen and oxygen atoms in total. The van der Waals surface area contributed by atoms with Crippen LogP contribution in [0.25, 0.3) is 66.4 Å². The van der Waals surface area contributed by atoms with Crippen LogP contribution < -0.4 is 14.5 Å². The van der Waals surface area contributed by atoms with E-state index in [0.717, 1.165) is 78.6 Å². The van der Waals surface area contributed by atoms with Gasteiger partial charge in [-0.1, -0.05) is 206 Å². The van der Waals surface area contributed by atoms with Gasteiger partial charge >= 0.3 is 0 Å². The van der Waals surface area contributed by atoms with E-state index >= 15 is 0 Å². The number of anilines is 6. The topological polar surface area (TPSA) is 15.7 Å². The highest BCUT2D eigenvalue weighted by atomic mass is 16.5. The lowest BCUT2D eigenvalue weighted by Crippen LogP contribution is -2.14. The van der Waals surface area contributed by atoms with E-state index in [9.17, 15) is 0 Å². The van der Waals surface area contributed by atoms with Gasteiger partial charge in [0.15, 0.2) is 11.5 Å². The van der Waals surface area contributed by atoms with Crippen molar-refractivity contribution in [3.05, 3.63) is 267 Å². The summed E-state index contributed by atoms with van der Waals surface area (Å²) in [5, 5.41) is 2.21. The Kier molecular flexibility index (Phi) is 10.2. The molecule has 1 aliphatic rings. The summed E-state index contributed by atoms with van der Waals surface area (Å²) in [6.45, 7) is 0. The van der Waals surface area contributed by atoms with Crippen LogP contribution in [0.5, 0.6) is 11.5 Å². The van der Waals surface area contributed by atoms with Gasteiger partial charge in [0, 0.05) is 33.7 Å². The lowest BCUT2D eigenvalue weighted by molar-refractivity contribution is 0.489. The van der Waals surface area contributed by atoms with Crippen LogP contribution in [-0.2, 0) is 0 Å². The Morgan fingerprint density at radius 1 is 0.224 bits per heavy atom. The van der Waals surface area contributed by atoms with E-state index in [-0.39, 0.29) is 0 Å². The molecular formula is C64H44N2O. The first-order valence-corrected chi connectivity index (χ1v) is 22.8. The number of ether oxygens (including phenoxy) is 1. The van der Waals surface area contributed by atoms with Crippen molar-refractivity contribution in [3.63, 3.8) is 0 Å². The Bertz CT molecular complexity index is 3320. The van der Waals surface area contributed by atoms with Crippen LogP contribution in [0.4, 0.5) is 34.1 Å². The van der Waals surface area contributed by atoms with E-state index in [1.165, 1.54) is 33.4 Å². The molecule has 11 aromatic rings. The van der Waals surface area contributed by atoms with Crippen LogP contribution in [0.2, 0.25) is 0 Å². The normalized spacial score (nSPS) is 11.4. The van der Waals surface area contributed by atoms with Gasteiger partial charge in [-0.2, -0.15) is 0 Å². The van der Waals surface area contributed by atoms with Gasteiger partial charge in [0.1, 0.15) is 0 Å². The number of hydrogen-bond acceptors (Lipinski definition) is 3. The average Bonchev–Trinajstić information content (AvgIpc) is 3.41. The smallest absolute Gasteiger partial charge is 0.160 e. The number of fused-ring (bicyclic) bond motifs is 2. The standard InChI is InChI=1S/C64H44N2O/c1-5-15-45(16-6-1)47-27-31-49(32-28-47)51-35-40-56(41-36-51)66(57-42-37-52(38-43-57)50-33-29-48(30-34-50)46-17-7-2-8-18-46)61-44-39-53-19-13-24-58-59-25-14-26-60(63(59)67-64(61)62(53)58)65(54-20-9-3-10-21-54)55-22-11-4-12-23-55/h1-44H. The molecule has 0 spiro atoms. The highest BCUT2D eigenvalue weighted by Crippen LogP contribution is 2.56. The van der Waals surface area contributed by atoms with Gasteiger partial charge in [-0.15, -0.1) is 0 Å². The second-order valence-electron chi connectivity index (χ2n) is 16.9. The van der Waals surface area contributed by atoms with Crippen molar-refractivity contribution < 1.29 is 4.74 Å². The third-order valence-corrected chi connectivity index (χ3v) is 12.9. The summed E-state index contributed by atoms with van der Waals surface area (Å²) >= 11 is 0. The van der Waals surface area contributed by atoms with Crippen LogP contribution in [0, 0.1) is 0 Å². The average molecular weight is 857 g/mol. The Labute approximate surface area is 391 Å². The summed E-state index contributed by atoms with van der Waals surface area (Å²) < 4.78 is 7.46. The van der Waals surface area contributed by atoms with Crippen molar-refractivity contribution >= 4 is 44.9 Å². The molecule has 12 rings (SSSR count). The lowest BCUT2D eigenvalue weighted by atomic mass is 9.93. The Balaban J connectivity index is 0.984. The van der Waals surface area contributed by atoms with Gasteiger partial charge in [0.05, 0.1) is 11.4 Å². The van der Waals surface area contributed by atoms with Crippen molar-refractivity contribution in [2.75, 3.05) is 9.80 Å². The maximum absolute atomic E-state index is 7.46. The summed E-state index contributed by atoms with van der Waals surface area (Å²) in [6, 6.07) is 95.2. The number of benzene rings is 11. The largest absolute Gasteiger partial charge is 0.452 e. The molecule has 0 saturated carbocycles. The van der Waals surface area contributed by atoms with Crippen molar-refractivity contribution in [1.82, 2.24) is 0 Å². The SMILES string of the molecule is c1ccc(-c2ccc(-c3ccc(N(c4ccc(-c5ccc(-c6ccccc6)cc5)cc4)c4ccc5cccc6c5c4Oc4c-6cccc4N(c4ccccc4)c4ccccc4)cc3)cc2)cc1. The van der Waals surface area contributed by atoms with Crippen LogP contribution in [0.1, 0.15) is 0 Å². The van der Waals surface area contributed by atoms with Gasteiger partial charge < -0.3 is 14.5 Å². The zero-order valence-electron chi connectivity index (χ0n) is 36.7. The number of hydrogen-bond donors (Lipinski definition) is 0. The van der Waals surface area contributed by atoms with Gasteiger partial charge in [0.2, 0.25) is 0 Å². The molecule has 0 aliphatic carbocycles. The van der Waals surface area contributed by atoms with Crippen LogP contribution >= 0.6 is 0 Å². The van der Waals surface area contributed by atoms with Crippen molar-refractivity contribution in [3.8, 4) is 67.1 Å². The van der Waals surface area contributed by atoms with Crippen molar-refractivity contribution in [2.45, 2.75) is 0 Å². The first-order valence-electron chi connectivity index (χ1n) is 22.8. The first-order chi connectivity index (χ1) is 33.2. The second-order valence-corrected chi connectivity index (χ2v) is 16.9. The minimum absolute atomic E-state index is 0.811. The minimum atomic E-state index is 0.811. The summed E-state index contributed by atoms with van der Waals surface area (Å²) in [5.41, 5.74) is 17.7. The van der Waals surface area contributed by atoms with E-state index in [2.05, 4.69) is 277 Å². The first kappa shape index (κ1) is 39.7. The van der Waals surface area contributed by atoms with E-state index in [1.54, 1.807) is 0 Å². The maximum Gasteiger partial charge on any atom is 0.160 e. The number of nitrogens with zero attached hydrogens (tertiary/aromatic N) is 2. The quantitative estimate of drug-likeness (QED) is 0.136. The highest BCUT2D eigenvalue weighted by molar-refractivity contribution is 6.09. The van der Waals surface area contributed by atoms with Gasteiger partial charge in [-0.05, 0) is 116 Å². The van der Waals surface area contributed by atoms with Gasteiger partial charge in [-0.3, -0.25) is 0 Å². The Morgan fingerprint density at radius 3 is 1.01 bits per heavy atom. The second kappa shape index (κ2) is 17.2. The summed E-state index contributed by atoms with van der Waals surface area (Å²) in [7, 11) is 0. The van der Waals surface area contributed by atoms with Crippen LogP contribution in [0.3, 0.4) is 0 Å². The molecule has 0 bridgehead atoms. The molecule has 11 aromatic carbocycles. The fourth-order valence-electron chi connectivity index (χ4n) is 9.55. The summed E-state index contributed by atoms with van der Waals surface area (Å²) in [5.74, 6) is 1.63. The molecule has 316 valence electrons. The van der Waals surface area contributed by atoms with E-state index in [0.29, 0.717) is 0 Å². The van der Waals surface area contributed by atoms with E-state index in [1.807, 2.05) is 0 Å². The Hall–Kier alpha value is -8.92. The summed E-state index contributed by atoms with van der Waals surface area (Å²) in [6.07, 6.45) is 0. The molecule has 1 heterocycles. The molecule has 0 atom stereocenters. The lowest BCUT2D eigenvalue weighted by Gasteiger charge is -2.33.